The average molecular weight is 295 g/mol. The molecule has 0 spiro atoms. The van der Waals surface area contributed by atoms with Gasteiger partial charge in [-0.2, -0.15) is 0 Å². The maximum Gasteiger partial charge on any atom is 0.245 e. The molecule has 2 unspecified atom stereocenters. The second kappa shape index (κ2) is 7.25. The molecule has 2 heterocycles. The van der Waals surface area contributed by atoms with Gasteiger partial charge in [-0.25, -0.2) is 0 Å². The quantitative estimate of drug-likeness (QED) is 0.849. The molecule has 5 heteroatoms. The first-order chi connectivity index (χ1) is 10.0. The van der Waals surface area contributed by atoms with Crippen LogP contribution in [0, 0.1) is 5.92 Å². The smallest absolute Gasteiger partial charge is 0.245 e. The molecule has 2 saturated heterocycles. The summed E-state index contributed by atoms with van der Waals surface area (Å²) in [6.07, 6.45) is 3.36. The number of hydrogen-bond donors (Lipinski definition) is 1. The molecule has 0 aromatic carbocycles. The molecule has 2 aliphatic rings. The minimum atomic E-state index is -0.336. The van der Waals surface area contributed by atoms with Gasteiger partial charge in [0.2, 0.25) is 11.8 Å². The zero-order chi connectivity index (χ0) is 15.4. The summed E-state index contributed by atoms with van der Waals surface area (Å²) in [6.45, 7) is 10.0. The lowest BCUT2D eigenvalue weighted by molar-refractivity contribution is -0.137. The first-order valence-electron chi connectivity index (χ1n) is 8.33. The van der Waals surface area contributed by atoms with Crippen molar-refractivity contribution in [3.05, 3.63) is 0 Å². The average Bonchev–Trinajstić information content (AvgIpc) is 2.58. The summed E-state index contributed by atoms with van der Waals surface area (Å²) in [5.74, 6) is 0.537. The summed E-state index contributed by atoms with van der Waals surface area (Å²) in [7, 11) is 0. The topological polar surface area (TPSA) is 52.6 Å². The van der Waals surface area contributed by atoms with E-state index >= 15 is 0 Å². The molecule has 0 aromatic rings. The Morgan fingerprint density at radius 1 is 1.29 bits per heavy atom. The molecule has 0 aromatic heterocycles. The number of likely N-dealkylation sites (tertiary alicyclic amines) is 1. The van der Waals surface area contributed by atoms with Gasteiger partial charge in [-0.3, -0.25) is 9.59 Å². The van der Waals surface area contributed by atoms with Crippen LogP contribution >= 0.6 is 0 Å². The molecule has 0 aliphatic carbocycles. The lowest BCUT2D eigenvalue weighted by Crippen LogP contribution is -2.54. The highest BCUT2D eigenvalue weighted by atomic mass is 16.2. The van der Waals surface area contributed by atoms with Gasteiger partial charge < -0.3 is 15.1 Å². The van der Waals surface area contributed by atoms with Gasteiger partial charge in [-0.05, 0) is 38.3 Å². The number of amides is 2. The number of rotatable bonds is 4. The van der Waals surface area contributed by atoms with E-state index in [2.05, 4.69) is 31.0 Å². The molecule has 0 bridgehead atoms. The number of carbonyl (C=O) groups is 2. The fourth-order valence-electron chi connectivity index (χ4n) is 3.43. The van der Waals surface area contributed by atoms with Crippen LogP contribution in [0.25, 0.3) is 0 Å². The number of likely N-dealkylation sites (N-methyl/N-ethyl adjacent to an activating group) is 1. The van der Waals surface area contributed by atoms with E-state index in [1.54, 1.807) is 0 Å². The number of nitrogens with zero attached hydrogens (tertiary/aromatic N) is 2. The molecule has 5 nitrogen and oxygen atoms in total. The van der Waals surface area contributed by atoms with Crippen LogP contribution in [0.3, 0.4) is 0 Å². The van der Waals surface area contributed by atoms with E-state index in [4.69, 9.17) is 0 Å². The van der Waals surface area contributed by atoms with Crippen LogP contribution in [-0.2, 0) is 9.59 Å². The molecule has 1 N–H and O–H groups in total. The Hall–Kier alpha value is -1.10. The van der Waals surface area contributed by atoms with Gasteiger partial charge in [0, 0.05) is 25.6 Å². The van der Waals surface area contributed by atoms with Crippen LogP contribution < -0.4 is 5.32 Å². The number of piperidine rings is 1. The zero-order valence-corrected chi connectivity index (χ0v) is 13.6. The van der Waals surface area contributed by atoms with Gasteiger partial charge in [-0.1, -0.05) is 20.8 Å². The number of carbonyl (C=O) groups excluding carboxylic acids is 2. The van der Waals surface area contributed by atoms with Crippen molar-refractivity contribution in [3.8, 4) is 0 Å². The molecule has 2 atom stereocenters. The minimum absolute atomic E-state index is 0.0136. The lowest BCUT2D eigenvalue weighted by Gasteiger charge is -2.39. The first-order valence-corrected chi connectivity index (χ1v) is 8.33. The summed E-state index contributed by atoms with van der Waals surface area (Å²) in [6, 6.07) is -0.0643. The molecular weight excluding hydrogens is 266 g/mol. The van der Waals surface area contributed by atoms with Gasteiger partial charge >= 0.3 is 0 Å². The number of hydrogen-bond acceptors (Lipinski definition) is 3. The van der Waals surface area contributed by atoms with Gasteiger partial charge in [-0.15, -0.1) is 0 Å². The van der Waals surface area contributed by atoms with Gasteiger partial charge in [0.05, 0.1) is 0 Å². The highest BCUT2D eigenvalue weighted by molar-refractivity contribution is 5.90. The minimum Gasteiger partial charge on any atom is -0.344 e. The van der Waals surface area contributed by atoms with Crippen molar-refractivity contribution in [2.45, 2.75) is 58.5 Å². The largest absolute Gasteiger partial charge is 0.344 e. The Balaban J connectivity index is 2.09. The number of nitrogens with one attached hydrogen (secondary N) is 1. The third-order valence-corrected chi connectivity index (χ3v) is 4.57. The standard InChI is InChI=1S/C16H29N3O2/c1-4-18-8-5-6-13(11-18)19-9-7-15(20)17-14(16(19)21)10-12(2)3/h12-14H,4-11H2,1-3H3,(H,17,20). The van der Waals surface area contributed by atoms with Crippen molar-refractivity contribution >= 4 is 11.8 Å². The van der Waals surface area contributed by atoms with Crippen molar-refractivity contribution in [2.24, 2.45) is 5.92 Å². The van der Waals surface area contributed by atoms with Crippen molar-refractivity contribution < 1.29 is 9.59 Å². The first kappa shape index (κ1) is 16.3. The predicted octanol–water partition coefficient (Wildman–Crippen LogP) is 1.23. The van der Waals surface area contributed by atoms with E-state index in [1.807, 2.05) is 4.90 Å². The second-order valence-corrected chi connectivity index (χ2v) is 6.72. The van der Waals surface area contributed by atoms with Crippen LogP contribution in [0.2, 0.25) is 0 Å². The monoisotopic (exact) mass is 295 g/mol. The SMILES string of the molecule is CCN1CCCC(N2CCC(=O)NC(CC(C)C)C2=O)C1. The summed E-state index contributed by atoms with van der Waals surface area (Å²) in [5.41, 5.74) is 0. The summed E-state index contributed by atoms with van der Waals surface area (Å²) in [5, 5.41) is 2.91. The third kappa shape index (κ3) is 4.19. The summed E-state index contributed by atoms with van der Waals surface area (Å²) < 4.78 is 0. The maximum absolute atomic E-state index is 12.8. The highest BCUT2D eigenvalue weighted by Crippen LogP contribution is 2.20. The highest BCUT2D eigenvalue weighted by Gasteiger charge is 2.35. The van der Waals surface area contributed by atoms with E-state index in [-0.39, 0.29) is 23.9 Å². The van der Waals surface area contributed by atoms with Crippen LogP contribution in [-0.4, -0.2) is 59.9 Å². The normalized spacial score (nSPS) is 28.7. The van der Waals surface area contributed by atoms with Gasteiger partial charge in [0.25, 0.3) is 0 Å². The Kier molecular flexibility index (Phi) is 5.62. The molecule has 0 radical (unpaired) electrons. The molecule has 2 rings (SSSR count). The molecular formula is C16H29N3O2. The molecule has 0 saturated carbocycles. The van der Waals surface area contributed by atoms with Crippen LogP contribution in [0.5, 0.6) is 0 Å². The predicted molar refractivity (Wildman–Crippen MR) is 82.9 cm³/mol. The van der Waals surface area contributed by atoms with E-state index in [0.717, 1.165) is 38.9 Å². The molecule has 120 valence electrons. The van der Waals surface area contributed by atoms with Crippen molar-refractivity contribution in [1.29, 1.82) is 0 Å². The van der Waals surface area contributed by atoms with E-state index in [1.165, 1.54) is 0 Å². The summed E-state index contributed by atoms with van der Waals surface area (Å²) in [4.78, 5) is 29.1. The second-order valence-electron chi connectivity index (χ2n) is 6.72. The summed E-state index contributed by atoms with van der Waals surface area (Å²) >= 11 is 0. The fourth-order valence-corrected chi connectivity index (χ4v) is 3.43. The molecule has 21 heavy (non-hydrogen) atoms. The molecule has 2 fully saturated rings. The van der Waals surface area contributed by atoms with Crippen LogP contribution in [0.15, 0.2) is 0 Å². The van der Waals surface area contributed by atoms with E-state index < -0.39 is 0 Å². The fraction of sp³-hybridized carbons (Fsp3) is 0.875. The maximum atomic E-state index is 12.8. The van der Waals surface area contributed by atoms with Crippen LogP contribution in [0.1, 0.15) is 46.5 Å². The van der Waals surface area contributed by atoms with Crippen molar-refractivity contribution in [1.82, 2.24) is 15.1 Å². The lowest BCUT2D eigenvalue weighted by atomic mass is 10.00. The van der Waals surface area contributed by atoms with Gasteiger partial charge in [0.15, 0.2) is 0 Å². The molecule has 2 aliphatic heterocycles. The zero-order valence-electron chi connectivity index (χ0n) is 13.6. The van der Waals surface area contributed by atoms with Gasteiger partial charge in [0.1, 0.15) is 6.04 Å². The third-order valence-electron chi connectivity index (χ3n) is 4.57. The Morgan fingerprint density at radius 2 is 2.05 bits per heavy atom. The van der Waals surface area contributed by atoms with E-state index in [0.29, 0.717) is 18.9 Å². The molecule has 2 amide bonds. The Morgan fingerprint density at radius 3 is 2.71 bits per heavy atom. The van der Waals surface area contributed by atoms with Crippen molar-refractivity contribution in [3.63, 3.8) is 0 Å². The Labute approximate surface area is 128 Å². The van der Waals surface area contributed by atoms with Crippen LogP contribution in [0.4, 0.5) is 0 Å². The van der Waals surface area contributed by atoms with E-state index in [9.17, 15) is 9.59 Å². The Bertz CT molecular complexity index is 384. The van der Waals surface area contributed by atoms with Crippen molar-refractivity contribution in [2.75, 3.05) is 26.2 Å².